The van der Waals surface area contributed by atoms with E-state index in [0.29, 0.717) is 52.0 Å². The molecule has 0 saturated heterocycles. The molecule has 2 unspecified atom stereocenters. The second kappa shape index (κ2) is 9.23. The molecule has 152 valence electrons. The molecule has 3 N–H and O–H groups in total. The van der Waals surface area contributed by atoms with Gasteiger partial charge in [-0.05, 0) is 55.5 Å². The molecule has 7 heteroatoms. The number of benzene rings is 1. The fourth-order valence-electron chi connectivity index (χ4n) is 2.86. The Morgan fingerprint density at radius 3 is 2.72 bits per heavy atom. The van der Waals surface area contributed by atoms with Crippen molar-refractivity contribution in [3.8, 4) is 23.3 Å². The smallest absolute Gasteiger partial charge is 0.275 e. The Morgan fingerprint density at radius 1 is 1.21 bits per heavy atom. The average molecular weight is 413 g/mol. The first-order valence-corrected chi connectivity index (χ1v) is 10.5. The lowest BCUT2D eigenvalue weighted by Crippen LogP contribution is -2.18. The van der Waals surface area contributed by atoms with Gasteiger partial charge in [0.25, 0.3) is 5.56 Å². The molecule has 29 heavy (non-hydrogen) atoms. The Bertz CT molecular complexity index is 1120. The summed E-state index contributed by atoms with van der Waals surface area (Å²) in [5, 5.41) is 29.5. The number of nitrogens with zero attached hydrogens (tertiary/aromatic N) is 2. The van der Waals surface area contributed by atoms with Gasteiger partial charge in [-0.25, -0.2) is 4.98 Å². The van der Waals surface area contributed by atoms with Gasteiger partial charge in [0.05, 0.1) is 22.2 Å². The van der Waals surface area contributed by atoms with E-state index >= 15 is 0 Å². The normalized spacial score (nSPS) is 13.1. The minimum atomic E-state index is -0.688. The quantitative estimate of drug-likeness (QED) is 0.541. The van der Waals surface area contributed by atoms with E-state index in [1.165, 1.54) is 22.2 Å². The van der Waals surface area contributed by atoms with Gasteiger partial charge in [-0.1, -0.05) is 25.7 Å². The van der Waals surface area contributed by atoms with Crippen LogP contribution >= 0.6 is 11.3 Å². The summed E-state index contributed by atoms with van der Waals surface area (Å²) in [6.07, 6.45) is 2.60. The van der Waals surface area contributed by atoms with E-state index in [1.54, 1.807) is 24.3 Å². The largest absolute Gasteiger partial charge is 0.508 e. The average Bonchev–Trinajstić information content (AvgIpc) is 3.15. The highest BCUT2D eigenvalue weighted by atomic mass is 32.1. The fourth-order valence-corrected chi connectivity index (χ4v) is 3.76. The molecule has 0 aliphatic heterocycles. The summed E-state index contributed by atoms with van der Waals surface area (Å²) in [4.78, 5) is 18.0. The van der Waals surface area contributed by atoms with E-state index in [9.17, 15) is 20.1 Å². The van der Waals surface area contributed by atoms with Crippen molar-refractivity contribution in [3.05, 3.63) is 51.4 Å². The number of aromatic hydroxyl groups is 1. The summed E-state index contributed by atoms with van der Waals surface area (Å²) < 4.78 is 1.93. The van der Waals surface area contributed by atoms with Crippen LogP contribution in [0.3, 0.4) is 0 Å². The van der Waals surface area contributed by atoms with Crippen LogP contribution in [0.4, 0.5) is 0 Å². The third-order valence-corrected chi connectivity index (χ3v) is 5.77. The van der Waals surface area contributed by atoms with Crippen LogP contribution in [-0.2, 0) is 6.42 Å². The van der Waals surface area contributed by atoms with Crippen LogP contribution in [0.15, 0.2) is 35.4 Å². The molecular formula is C22H24N2O4S. The highest BCUT2D eigenvalue weighted by Crippen LogP contribution is 2.24. The molecule has 0 bridgehead atoms. The zero-order valence-electron chi connectivity index (χ0n) is 16.4. The predicted octanol–water partition coefficient (Wildman–Crippen LogP) is 2.98. The molecule has 0 radical (unpaired) electrons. The van der Waals surface area contributed by atoms with Gasteiger partial charge in [0.1, 0.15) is 22.9 Å². The van der Waals surface area contributed by atoms with Crippen molar-refractivity contribution in [1.29, 1.82) is 0 Å². The van der Waals surface area contributed by atoms with Crippen molar-refractivity contribution < 1.29 is 15.3 Å². The number of thiophene rings is 1. The van der Waals surface area contributed by atoms with Crippen molar-refractivity contribution in [2.45, 2.75) is 51.7 Å². The molecule has 0 amide bonds. The van der Waals surface area contributed by atoms with Gasteiger partial charge in [-0.15, -0.1) is 11.3 Å². The molecule has 0 aliphatic rings. The van der Waals surface area contributed by atoms with Crippen molar-refractivity contribution in [1.82, 2.24) is 9.55 Å². The summed E-state index contributed by atoms with van der Waals surface area (Å²) in [6.45, 7) is 3.75. The zero-order chi connectivity index (χ0) is 21.0. The van der Waals surface area contributed by atoms with E-state index in [0.717, 1.165) is 0 Å². The molecule has 3 rings (SSSR count). The second-order valence-electron chi connectivity index (χ2n) is 6.85. The summed E-state index contributed by atoms with van der Waals surface area (Å²) >= 11 is 1.25. The summed E-state index contributed by atoms with van der Waals surface area (Å²) in [5.74, 6) is 5.78. The Labute approximate surface area is 173 Å². The van der Waals surface area contributed by atoms with E-state index in [4.69, 9.17) is 0 Å². The summed E-state index contributed by atoms with van der Waals surface area (Å²) in [7, 11) is 0. The number of rotatable bonds is 6. The molecule has 2 atom stereocenters. The first-order chi connectivity index (χ1) is 13.9. The van der Waals surface area contributed by atoms with Crippen LogP contribution in [0.25, 0.3) is 15.9 Å². The van der Waals surface area contributed by atoms with Crippen molar-refractivity contribution in [3.63, 3.8) is 0 Å². The van der Waals surface area contributed by atoms with Crippen LogP contribution in [0.1, 0.15) is 43.6 Å². The first-order valence-electron chi connectivity index (χ1n) is 9.64. The number of phenolic OH excluding ortho intramolecular Hbond substituents is 1. The molecule has 2 heterocycles. The third-order valence-electron chi connectivity index (χ3n) is 4.75. The molecule has 0 aliphatic carbocycles. The second-order valence-corrected chi connectivity index (χ2v) is 7.90. The first kappa shape index (κ1) is 21.1. The molecule has 2 aromatic heterocycles. The van der Waals surface area contributed by atoms with Gasteiger partial charge in [0, 0.05) is 0 Å². The Kier molecular flexibility index (Phi) is 6.70. The number of hydrogen-bond acceptors (Lipinski definition) is 6. The predicted molar refractivity (Wildman–Crippen MR) is 115 cm³/mol. The maximum Gasteiger partial charge on any atom is 0.275 e. The number of aliphatic hydroxyl groups is 2. The van der Waals surface area contributed by atoms with Crippen LogP contribution < -0.4 is 5.56 Å². The number of phenols is 1. The van der Waals surface area contributed by atoms with Crippen LogP contribution in [0.5, 0.6) is 5.75 Å². The standard InChI is InChI=1S/C22H24N2O4S/c1-3-16(25)7-5-14-11-15(6-10-20(14)27)24-13-23-19-12-18(9-8-17(26)4-2)29-21(19)22(24)28/h6,10-13,16-17,25-27H,3-5,7H2,1-2H3. The van der Waals surface area contributed by atoms with E-state index in [-0.39, 0.29) is 11.3 Å². The monoisotopic (exact) mass is 412 g/mol. The number of fused-ring (bicyclic) bond motifs is 1. The minimum Gasteiger partial charge on any atom is -0.508 e. The highest BCUT2D eigenvalue weighted by Gasteiger charge is 2.12. The molecule has 0 spiro atoms. The number of hydrogen-bond donors (Lipinski definition) is 3. The highest BCUT2D eigenvalue weighted by molar-refractivity contribution is 7.19. The lowest BCUT2D eigenvalue weighted by atomic mass is 10.0. The van der Waals surface area contributed by atoms with E-state index in [2.05, 4.69) is 16.8 Å². The lowest BCUT2D eigenvalue weighted by Gasteiger charge is -2.11. The number of aromatic nitrogens is 2. The van der Waals surface area contributed by atoms with Crippen LogP contribution in [0.2, 0.25) is 0 Å². The van der Waals surface area contributed by atoms with Gasteiger partial charge in [-0.2, -0.15) is 0 Å². The van der Waals surface area contributed by atoms with Gasteiger partial charge in [0.2, 0.25) is 0 Å². The molecule has 3 aromatic rings. The van der Waals surface area contributed by atoms with Gasteiger partial charge in [-0.3, -0.25) is 9.36 Å². The van der Waals surface area contributed by atoms with E-state index < -0.39 is 12.2 Å². The van der Waals surface area contributed by atoms with Crippen molar-refractivity contribution in [2.75, 3.05) is 0 Å². The van der Waals surface area contributed by atoms with E-state index in [1.807, 2.05) is 13.8 Å². The van der Waals surface area contributed by atoms with Crippen molar-refractivity contribution in [2.24, 2.45) is 0 Å². The Hall–Kier alpha value is -2.66. The van der Waals surface area contributed by atoms with Gasteiger partial charge >= 0.3 is 0 Å². The van der Waals surface area contributed by atoms with Crippen LogP contribution in [0, 0.1) is 11.8 Å². The lowest BCUT2D eigenvalue weighted by molar-refractivity contribution is 0.160. The van der Waals surface area contributed by atoms with Crippen molar-refractivity contribution >= 4 is 21.6 Å². The fraction of sp³-hybridized carbons (Fsp3) is 0.364. The molecule has 0 fully saturated rings. The Morgan fingerprint density at radius 2 is 2.00 bits per heavy atom. The minimum absolute atomic E-state index is 0.141. The molecular weight excluding hydrogens is 388 g/mol. The van der Waals surface area contributed by atoms with Gasteiger partial charge in [0.15, 0.2) is 0 Å². The van der Waals surface area contributed by atoms with Crippen LogP contribution in [-0.4, -0.2) is 37.1 Å². The summed E-state index contributed by atoms with van der Waals surface area (Å²) in [6, 6.07) is 6.71. The molecule has 0 saturated carbocycles. The maximum atomic E-state index is 13.0. The maximum absolute atomic E-state index is 13.0. The number of aliphatic hydroxyl groups excluding tert-OH is 2. The number of aryl methyl sites for hydroxylation is 1. The zero-order valence-corrected chi connectivity index (χ0v) is 17.2. The topological polar surface area (TPSA) is 95.6 Å². The van der Waals surface area contributed by atoms with Gasteiger partial charge < -0.3 is 15.3 Å². The summed E-state index contributed by atoms with van der Waals surface area (Å²) in [5.41, 5.74) is 1.63. The molecule has 6 nitrogen and oxygen atoms in total. The molecule has 1 aromatic carbocycles. The Balaban J connectivity index is 1.96. The third kappa shape index (κ3) is 4.85. The SMILES string of the molecule is CCC(O)C#Cc1cc2ncn(-c3ccc(O)c(CCC(O)CC)c3)c(=O)c2s1.